The molecule has 284 valence electrons. The molecular formula is C34H44N10O8S. The zero-order valence-corrected chi connectivity index (χ0v) is 30.7. The van der Waals surface area contributed by atoms with Crippen molar-refractivity contribution in [3.8, 4) is 11.8 Å². The first-order valence-corrected chi connectivity index (χ1v) is 18.6. The number of aliphatic carboxylic acids is 1. The van der Waals surface area contributed by atoms with Crippen molar-refractivity contribution in [1.82, 2.24) is 35.9 Å². The Morgan fingerprint density at radius 2 is 1.68 bits per heavy atom. The molecule has 3 aromatic rings. The zero-order chi connectivity index (χ0) is 38.8. The Labute approximate surface area is 306 Å². The molecular weight excluding hydrogens is 709 g/mol. The number of aromatic amines is 1. The van der Waals surface area contributed by atoms with Crippen LogP contribution in [0.2, 0.25) is 0 Å². The molecule has 1 aliphatic rings. The summed E-state index contributed by atoms with van der Waals surface area (Å²) < 4.78 is 22.8. The van der Waals surface area contributed by atoms with Crippen molar-refractivity contribution in [2.24, 2.45) is 15.2 Å². The van der Waals surface area contributed by atoms with E-state index in [9.17, 15) is 33.3 Å². The van der Waals surface area contributed by atoms with Crippen LogP contribution < -0.4 is 32.6 Å². The third kappa shape index (κ3) is 12.5. The highest BCUT2D eigenvalue weighted by Crippen LogP contribution is 2.29. The summed E-state index contributed by atoms with van der Waals surface area (Å²) in [4.78, 5) is 76.0. The molecule has 0 aliphatic carbocycles. The first kappa shape index (κ1) is 40.2. The predicted molar refractivity (Wildman–Crippen MR) is 197 cm³/mol. The molecule has 8 N–H and O–H groups in total. The quantitative estimate of drug-likeness (QED) is 0.0852. The largest absolute Gasteiger partial charge is 0.480 e. The zero-order valence-electron chi connectivity index (χ0n) is 29.9. The molecule has 0 fully saturated rings. The minimum Gasteiger partial charge on any atom is -0.480 e. The number of carboxylic acids is 1. The number of H-pyrrole nitrogens is 1. The van der Waals surface area contributed by atoms with Gasteiger partial charge in [-0.3, -0.25) is 19.4 Å². The highest BCUT2D eigenvalue weighted by molar-refractivity contribution is 7.94. The van der Waals surface area contributed by atoms with E-state index in [4.69, 9.17) is 10.5 Å². The van der Waals surface area contributed by atoms with Crippen LogP contribution in [-0.4, -0.2) is 96.9 Å². The summed E-state index contributed by atoms with van der Waals surface area (Å²) in [5.41, 5.74) is 5.40. The van der Waals surface area contributed by atoms with Crippen LogP contribution in [0.4, 0.5) is 16.4 Å². The molecule has 3 heterocycles. The molecule has 19 heteroatoms. The van der Waals surface area contributed by atoms with E-state index in [0.717, 1.165) is 0 Å². The summed E-state index contributed by atoms with van der Waals surface area (Å²) in [5.74, 6) is 4.24. The predicted octanol–water partition coefficient (Wildman–Crippen LogP) is 1.25. The Bertz CT molecular complexity index is 2070. The Morgan fingerprint density at radius 1 is 1.04 bits per heavy atom. The molecule has 4 amide bonds. The molecule has 0 radical (unpaired) electrons. The summed E-state index contributed by atoms with van der Waals surface area (Å²) in [6.07, 6.45) is 1.14. The molecule has 1 aromatic carbocycles. The fourth-order valence-corrected chi connectivity index (χ4v) is 8.28. The summed E-state index contributed by atoms with van der Waals surface area (Å²) in [6, 6.07) is 4.24. The molecule has 1 atom stereocenters. The molecule has 0 bridgehead atoms. The van der Waals surface area contributed by atoms with E-state index >= 15 is 0 Å². The van der Waals surface area contributed by atoms with Gasteiger partial charge in [0, 0.05) is 53.1 Å². The molecule has 1 aliphatic heterocycles. The van der Waals surface area contributed by atoms with Gasteiger partial charge in [-0.15, -0.1) is 4.36 Å². The highest BCUT2D eigenvalue weighted by Gasteiger charge is 2.33. The summed E-state index contributed by atoms with van der Waals surface area (Å²) in [6.45, 7) is 8.21. The minimum absolute atomic E-state index is 0.0452. The maximum absolute atomic E-state index is 13.4. The van der Waals surface area contributed by atoms with Gasteiger partial charge in [-0.25, -0.2) is 23.8 Å². The summed E-state index contributed by atoms with van der Waals surface area (Å²) in [7, 11) is -2.84. The van der Waals surface area contributed by atoms with E-state index in [0.29, 0.717) is 11.4 Å². The lowest BCUT2D eigenvalue weighted by Crippen LogP contribution is -2.41. The van der Waals surface area contributed by atoms with Gasteiger partial charge in [0.25, 0.3) is 11.5 Å². The number of amides is 4. The Hall–Kier alpha value is -5.61. The van der Waals surface area contributed by atoms with Crippen molar-refractivity contribution in [3.63, 3.8) is 0 Å². The average Bonchev–Trinajstić information content (AvgIpc) is 3.15. The highest BCUT2D eigenvalue weighted by atomic mass is 32.2. The van der Waals surface area contributed by atoms with Gasteiger partial charge in [0.05, 0.1) is 41.4 Å². The Kier molecular flexibility index (Phi) is 13.1. The molecule has 53 heavy (non-hydrogen) atoms. The van der Waals surface area contributed by atoms with Gasteiger partial charge in [-0.1, -0.05) is 11.8 Å². The molecule has 0 unspecified atom stereocenters. The number of ether oxygens (including phenoxy) is 1. The normalized spacial score (nSPS) is 15.8. The van der Waals surface area contributed by atoms with Gasteiger partial charge in [0.1, 0.15) is 6.04 Å². The molecule has 0 saturated heterocycles. The molecule has 0 spiro atoms. The molecule has 0 saturated carbocycles. The van der Waals surface area contributed by atoms with Gasteiger partial charge >= 0.3 is 12.0 Å². The van der Waals surface area contributed by atoms with Crippen molar-refractivity contribution in [1.29, 1.82) is 0 Å². The minimum atomic E-state index is -2.84. The Morgan fingerprint density at radius 3 is 2.32 bits per heavy atom. The number of anilines is 2. The number of benzene rings is 1. The van der Waals surface area contributed by atoms with E-state index in [1.54, 1.807) is 12.1 Å². The fourth-order valence-electron chi connectivity index (χ4n) is 5.28. The van der Waals surface area contributed by atoms with Crippen molar-refractivity contribution in [2.45, 2.75) is 53.1 Å². The third-order valence-electron chi connectivity index (χ3n) is 7.62. The summed E-state index contributed by atoms with van der Waals surface area (Å²) in [5, 5.41) is 20.3. The lowest BCUT2D eigenvalue weighted by molar-refractivity contribution is -0.139. The van der Waals surface area contributed by atoms with Crippen LogP contribution in [0.1, 0.15) is 56.6 Å². The number of nitrogen functional groups attached to an aromatic ring is 1. The van der Waals surface area contributed by atoms with E-state index in [-0.39, 0.29) is 79.9 Å². The number of carbonyl (C=O) groups excluding carboxylic acids is 3. The third-order valence-corrected chi connectivity index (χ3v) is 10.5. The van der Waals surface area contributed by atoms with E-state index in [1.807, 2.05) is 27.7 Å². The van der Waals surface area contributed by atoms with Crippen molar-refractivity contribution in [2.75, 3.05) is 48.9 Å². The maximum atomic E-state index is 13.4. The molecule has 18 nitrogen and oxygen atoms in total. The van der Waals surface area contributed by atoms with Crippen LogP contribution in [-0.2, 0) is 30.6 Å². The first-order chi connectivity index (χ1) is 24.9. The number of urea groups is 1. The number of fused-ring (bicyclic) bond motifs is 1. The maximum Gasteiger partial charge on any atom is 0.349 e. The van der Waals surface area contributed by atoms with Gasteiger partial charge in [0.15, 0.2) is 11.2 Å². The fraction of sp³-hybridized carbons (Fsp3) is 0.471. The molecule has 4 rings (SSSR count). The number of aromatic nitrogens is 4. The topological polar surface area (TPSA) is 273 Å². The van der Waals surface area contributed by atoms with Crippen LogP contribution in [0.15, 0.2) is 39.6 Å². The number of nitrogens with two attached hydrogens (primary N) is 1. The Balaban J connectivity index is 1.13. The second-order valence-electron chi connectivity index (χ2n) is 13.7. The number of nitrogens with one attached hydrogen (secondary N) is 5. The number of carboxylic acid groups (broad SMARTS) is 1. The smallest absolute Gasteiger partial charge is 0.349 e. The van der Waals surface area contributed by atoms with E-state index in [2.05, 4.69) is 57.4 Å². The van der Waals surface area contributed by atoms with Crippen LogP contribution >= 0.6 is 0 Å². The van der Waals surface area contributed by atoms with Crippen molar-refractivity contribution >= 4 is 56.3 Å². The standard InChI is InChI=1S/C34H44N10O8S/c1-33(2)11-12-34(3,4)20-53(51,19-33)44-32(50)37-14-16-52-15-13-36-25(45)10-9-24(30(48)49)41-28(46)21-5-7-22(8-6-21)38-17-23-18-39-27-26(40-23)29(47)43-31(35)42-27/h5-8,18,24,38H,9-10,13-17,19-20H2,1-4H3,(H,36,45)(H,37,50)(H,41,46)(H,48,49)(H3,35,39,42,43,47)/t24-/m0/s1. The van der Waals surface area contributed by atoms with Crippen LogP contribution in [0.25, 0.3) is 11.2 Å². The number of hydrogen-bond donors (Lipinski definition) is 7. The monoisotopic (exact) mass is 752 g/mol. The van der Waals surface area contributed by atoms with Gasteiger partial charge < -0.3 is 36.8 Å². The van der Waals surface area contributed by atoms with Crippen LogP contribution in [0.3, 0.4) is 0 Å². The summed E-state index contributed by atoms with van der Waals surface area (Å²) >= 11 is 0. The van der Waals surface area contributed by atoms with Crippen LogP contribution in [0.5, 0.6) is 0 Å². The van der Waals surface area contributed by atoms with Gasteiger partial charge in [-0.05, 0) is 58.4 Å². The first-order valence-electron chi connectivity index (χ1n) is 16.7. The van der Waals surface area contributed by atoms with Gasteiger partial charge in [0.2, 0.25) is 11.9 Å². The molecule has 2 aromatic heterocycles. The number of hydrogen-bond acceptors (Lipinski definition) is 12. The number of carbonyl (C=O) groups is 4. The van der Waals surface area contributed by atoms with E-state index < -0.39 is 56.0 Å². The van der Waals surface area contributed by atoms with Crippen molar-refractivity contribution in [3.05, 3.63) is 52.1 Å². The number of rotatable bonds is 15. The van der Waals surface area contributed by atoms with Gasteiger partial charge in [-0.2, -0.15) is 4.98 Å². The average molecular weight is 753 g/mol. The number of nitrogens with zero attached hydrogens (tertiary/aromatic N) is 4. The second-order valence-corrected chi connectivity index (χ2v) is 16.0. The second kappa shape index (κ2) is 17.3. The lowest BCUT2D eigenvalue weighted by atomic mass is 9.92. The SMILES string of the molecule is CC1(C)C#CC(C)(C)CS(=O)(=NC(=O)NCCOCCNC(=O)CC[C@H](NC(=O)c2ccc(NCc3cnc4nc(N)[nH]c(=O)c4n3)cc2)C(=O)O)C1. The van der Waals surface area contributed by atoms with Crippen molar-refractivity contribution < 1.29 is 33.2 Å². The lowest BCUT2D eigenvalue weighted by Gasteiger charge is -2.21. The van der Waals surface area contributed by atoms with E-state index in [1.165, 1.54) is 18.3 Å². The van der Waals surface area contributed by atoms with Crippen LogP contribution in [0, 0.1) is 22.7 Å².